The fourth-order valence-electron chi connectivity index (χ4n) is 3.07. The molecule has 9 nitrogen and oxygen atoms in total. The number of ether oxygens (including phenoxy) is 1. The van der Waals surface area contributed by atoms with Gasteiger partial charge in [-0.2, -0.15) is 0 Å². The second-order valence-electron chi connectivity index (χ2n) is 7.83. The highest BCUT2D eigenvalue weighted by atomic mass is 35.5. The van der Waals surface area contributed by atoms with Gasteiger partial charge in [0.1, 0.15) is 5.75 Å². The SMILES string of the molecule is COc1ccc(S(=O)(=O)Nc2ccc(S(=O)(=O)Nc3cccc(Cl)c3Cl)cc2)cc1C(=O)NC(C)C. The van der Waals surface area contributed by atoms with Gasteiger partial charge >= 0.3 is 0 Å². The molecule has 3 aromatic rings. The summed E-state index contributed by atoms with van der Waals surface area (Å²) in [4.78, 5) is 12.2. The lowest BCUT2D eigenvalue weighted by molar-refractivity contribution is 0.0940. The van der Waals surface area contributed by atoms with Crippen LogP contribution in [0.4, 0.5) is 11.4 Å². The van der Waals surface area contributed by atoms with Crippen LogP contribution in [0.1, 0.15) is 24.2 Å². The van der Waals surface area contributed by atoms with E-state index in [-0.39, 0.29) is 48.6 Å². The normalized spacial score (nSPS) is 11.7. The first-order valence-corrected chi connectivity index (χ1v) is 14.1. The molecule has 3 rings (SSSR count). The molecule has 13 heteroatoms. The van der Waals surface area contributed by atoms with E-state index < -0.39 is 26.0 Å². The summed E-state index contributed by atoms with van der Waals surface area (Å²) in [7, 11) is -6.77. The van der Waals surface area contributed by atoms with E-state index in [0.717, 1.165) is 0 Å². The summed E-state index contributed by atoms with van der Waals surface area (Å²) in [6.07, 6.45) is 0. The van der Waals surface area contributed by atoms with E-state index in [1.165, 1.54) is 61.7 Å². The number of methoxy groups -OCH3 is 1. The number of sulfonamides is 2. The van der Waals surface area contributed by atoms with Gasteiger partial charge in [-0.25, -0.2) is 16.8 Å². The van der Waals surface area contributed by atoms with Crippen molar-refractivity contribution in [2.75, 3.05) is 16.6 Å². The molecule has 0 unspecified atom stereocenters. The number of hydrogen-bond acceptors (Lipinski definition) is 6. The van der Waals surface area contributed by atoms with Crippen molar-refractivity contribution in [2.45, 2.75) is 29.7 Å². The number of carbonyl (C=O) groups excluding carboxylic acids is 1. The lowest BCUT2D eigenvalue weighted by atomic mass is 10.2. The smallest absolute Gasteiger partial charge is 0.261 e. The van der Waals surface area contributed by atoms with Gasteiger partial charge in [0.15, 0.2) is 0 Å². The van der Waals surface area contributed by atoms with Crippen molar-refractivity contribution in [3.63, 3.8) is 0 Å². The number of amides is 1. The van der Waals surface area contributed by atoms with Gasteiger partial charge in [0, 0.05) is 11.7 Å². The van der Waals surface area contributed by atoms with Crippen LogP contribution >= 0.6 is 23.2 Å². The van der Waals surface area contributed by atoms with E-state index in [2.05, 4.69) is 14.8 Å². The van der Waals surface area contributed by atoms with Gasteiger partial charge in [-0.05, 0) is 68.4 Å². The number of carbonyl (C=O) groups is 1. The molecule has 0 heterocycles. The molecule has 0 bridgehead atoms. The zero-order chi connectivity index (χ0) is 26.7. The van der Waals surface area contributed by atoms with Crippen molar-refractivity contribution in [3.05, 3.63) is 76.3 Å². The summed E-state index contributed by atoms with van der Waals surface area (Å²) in [6, 6.07) is 13.3. The van der Waals surface area contributed by atoms with Gasteiger partial charge < -0.3 is 10.1 Å². The molecule has 1 amide bonds. The van der Waals surface area contributed by atoms with Crippen LogP contribution in [0.5, 0.6) is 5.75 Å². The minimum Gasteiger partial charge on any atom is -0.496 e. The standard InChI is InChI=1S/C23H23Cl2N3O6S2/c1-14(2)26-23(29)18-13-17(11-12-21(18)34-3)36(32,33)27-15-7-9-16(10-8-15)35(30,31)28-20-6-4-5-19(24)22(20)25/h4-14,27-28H,1-3H3,(H,26,29). The van der Waals surface area contributed by atoms with Gasteiger partial charge in [0.05, 0.1) is 38.2 Å². The van der Waals surface area contributed by atoms with E-state index in [0.29, 0.717) is 0 Å². The van der Waals surface area contributed by atoms with Crippen molar-refractivity contribution in [2.24, 2.45) is 0 Å². The van der Waals surface area contributed by atoms with Gasteiger partial charge in [-0.15, -0.1) is 0 Å². The Morgan fingerprint density at radius 1 is 0.861 bits per heavy atom. The quantitative estimate of drug-likeness (QED) is 0.340. The zero-order valence-corrected chi connectivity index (χ0v) is 22.5. The minimum absolute atomic E-state index is 0.0491. The van der Waals surface area contributed by atoms with Crippen molar-refractivity contribution < 1.29 is 26.4 Å². The number of nitrogens with one attached hydrogen (secondary N) is 3. The highest BCUT2D eigenvalue weighted by Gasteiger charge is 2.21. The summed E-state index contributed by atoms with van der Waals surface area (Å²) in [5.41, 5.74) is 0.269. The lowest BCUT2D eigenvalue weighted by Crippen LogP contribution is -2.30. The Bertz CT molecular complexity index is 1490. The molecule has 0 aliphatic heterocycles. The van der Waals surface area contributed by atoms with Crippen LogP contribution in [0, 0.1) is 0 Å². The molecule has 0 radical (unpaired) electrons. The van der Waals surface area contributed by atoms with Gasteiger partial charge in [-0.1, -0.05) is 29.3 Å². The monoisotopic (exact) mass is 571 g/mol. The predicted molar refractivity (Wildman–Crippen MR) is 140 cm³/mol. The summed E-state index contributed by atoms with van der Waals surface area (Å²) >= 11 is 12.0. The highest BCUT2D eigenvalue weighted by Crippen LogP contribution is 2.31. The van der Waals surface area contributed by atoms with Crippen molar-refractivity contribution in [1.82, 2.24) is 5.32 Å². The summed E-state index contributed by atoms with van der Waals surface area (Å²) < 4.78 is 61.2. The highest BCUT2D eigenvalue weighted by molar-refractivity contribution is 7.93. The van der Waals surface area contributed by atoms with Crippen molar-refractivity contribution in [3.8, 4) is 5.75 Å². The Balaban J connectivity index is 1.83. The Kier molecular flexibility index (Phi) is 8.40. The molecule has 192 valence electrons. The molecule has 0 spiro atoms. The van der Waals surface area contributed by atoms with E-state index in [1.54, 1.807) is 19.9 Å². The largest absolute Gasteiger partial charge is 0.496 e. The molecule has 0 atom stereocenters. The second kappa shape index (κ2) is 11.0. The minimum atomic E-state index is -4.11. The number of anilines is 2. The fourth-order valence-corrected chi connectivity index (χ4v) is 5.63. The molecule has 0 aliphatic carbocycles. The van der Waals surface area contributed by atoms with Gasteiger partial charge in [0.25, 0.3) is 26.0 Å². The topological polar surface area (TPSA) is 131 Å². The molecule has 0 aliphatic rings. The van der Waals surface area contributed by atoms with Crippen molar-refractivity contribution in [1.29, 1.82) is 0 Å². The summed E-state index contributed by atoms with van der Waals surface area (Å²) in [6.45, 7) is 3.55. The average Bonchev–Trinajstić information content (AvgIpc) is 2.81. The van der Waals surface area contributed by atoms with Gasteiger partial charge in [-0.3, -0.25) is 14.2 Å². The molecular weight excluding hydrogens is 549 g/mol. The molecule has 0 saturated carbocycles. The van der Waals surface area contributed by atoms with Crippen LogP contribution < -0.4 is 19.5 Å². The number of rotatable bonds is 9. The van der Waals surface area contributed by atoms with Crippen LogP contribution in [-0.4, -0.2) is 35.9 Å². The van der Waals surface area contributed by atoms with Crippen LogP contribution in [0.15, 0.2) is 70.5 Å². The Labute approximate surface area is 219 Å². The maximum atomic E-state index is 12.9. The Hall–Kier alpha value is -2.99. The lowest BCUT2D eigenvalue weighted by Gasteiger charge is -2.14. The third kappa shape index (κ3) is 6.41. The summed E-state index contributed by atoms with van der Waals surface area (Å²) in [5.74, 6) is -0.269. The van der Waals surface area contributed by atoms with E-state index >= 15 is 0 Å². The van der Waals surface area contributed by atoms with E-state index in [9.17, 15) is 21.6 Å². The van der Waals surface area contributed by atoms with Crippen LogP contribution in [0.25, 0.3) is 0 Å². The molecule has 3 aromatic carbocycles. The maximum absolute atomic E-state index is 12.9. The Morgan fingerprint density at radius 3 is 2.08 bits per heavy atom. The van der Waals surface area contributed by atoms with E-state index in [1.807, 2.05) is 0 Å². The fraction of sp³-hybridized carbons (Fsp3) is 0.174. The number of hydrogen-bond donors (Lipinski definition) is 3. The molecule has 0 saturated heterocycles. The first kappa shape index (κ1) is 27.6. The second-order valence-corrected chi connectivity index (χ2v) is 12.0. The van der Waals surface area contributed by atoms with Crippen LogP contribution in [0.2, 0.25) is 10.0 Å². The first-order chi connectivity index (χ1) is 16.8. The summed E-state index contributed by atoms with van der Waals surface area (Å²) in [5, 5.41) is 2.93. The molecule has 36 heavy (non-hydrogen) atoms. The molecule has 3 N–H and O–H groups in total. The molecule has 0 fully saturated rings. The van der Waals surface area contributed by atoms with Crippen molar-refractivity contribution >= 4 is 60.5 Å². The third-order valence-corrected chi connectivity index (χ3v) is 8.34. The first-order valence-electron chi connectivity index (χ1n) is 10.4. The number of halogens is 2. The predicted octanol–water partition coefficient (Wildman–Crippen LogP) is 4.74. The zero-order valence-electron chi connectivity index (χ0n) is 19.4. The Morgan fingerprint density at radius 2 is 1.47 bits per heavy atom. The van der Waals surface area contributed by atoms with Crippen LogP contribution in [-0.2, 0) is 20.0 Å². The molecule has 0 aromatic heterocycles. The average molecular weight is 572 g/mol. The van der Waals surface area contributed by atoms with Crippen LogP contribution in [0.3, 0.4) is 0 Å². The van der Waals surface area contributed by atoms with E-state index in [4.69, 9.17) is 27.9 Å². The third-order valence-electron chi connectivity index (χ3n) is 4.76. The van der Waals surface area contributed by atoms with Gasteiger partial charge in [0.2, 0.25) is 0 Å². The maximum Gasteiger partial charge on any atom is 0.261 e. The number of benzene rings is 3. The molecular formula is C23H23Cl2N3O6S2.